The number of pyridine rings is 2. The number of nitrogens with zero attached hydrogens (tertiary/aromatic N) is 4. The number of likely N-dealkylation sites (tertiary alicyclic amines) is 1. The van der Waals surface area contributed by atoms with Crippen molar-refractivity contribution in [2.75, 3.05) is 23.3 Å². The second-order valence-corrected chi connectivity index (χ2v) is 10.4. The van der Waals surface area contributed by atoms with E-state index in [1.165, 1.54) is 11.3 Å². The lowest BCUT2D eigenvalue weighted by molar-refractivity contribution is -0.132. The lowest BCUT2D eigenvalue weighted by Crippen LogP contribution is -2.49. The molecule has 11 heteroatoms. The largest absolute Gasteiger partial charge is 0.439 e. The van der Waals surface area contributed by atoms with E-state index in [1.807, 2.05) is 19.1 Å². The number of aromatic nitrogens is 2. The van der Waals surface area contributed by atoms with Gasteiger partial charge in [-0.3, -0.25) is 14.5 Å². The van der Waals surface area contributed by atoms with Crippen LogP contribution in [0.1, 0.15) is 35.9 Å². The summed E-state index contributed by atoms with van der Waals surface area (Å²) in [5.41, 5.74) is 1.74. The van der Waals surface area contributed by atoms with E-state index in [-0.39, 0.29) is 23.9 Å². The zero-order valence-electron chi connectivity index (χ0n) is 21.2. The molecule has 39 heavy (non-hydrogen) atoms. The molecule has 3 aromatic heterocycles. The van der Waals surface area contributed by atoms with Crippen molar-refractivity contribution < 1.29 is 19.1 Å². The van der Waals surface area contributed by atoms with Crippen molar-refractivity contribution in [1.29, 1.82) is 0 Å². The van der Waals surface area contributed by atoms with Gasteiger partial charge in [-0.05, 0) is 49.2 Å². The number of carbonyl (C=O) groups excluding carboxylic acids is 3. The highest BCUT2D eigenvalue weighted by Crippen LogP contribution is 2.45. The fraction of sp³-hybridized carbons (Fsp3) is 0.250. The molecule has 0 saturated carbocycles. The van der Waals surface area contributed by atoms with Gasteiger partial charge in [-0.2, -0.15) is 0 Å². The fourth-order valence-electron chi connectivity index (χ4n) is 4.99. The summed E-state index contributed by atoms with van der Waals surface area (Å²) in [4.78, 5) is 52.0. The number of amides is 4. The summed E-state index contributed by atoms with van der Waals surface area (Å²) in [5.74, 6) is 0.873. The summed E-state index contributed by atoms with van der Waals surface area (Å²) >= 11 is 1.24. The summed E-state index contributed by atoms with van der Waals surface area (Å²) in [7, 11) is 0. The Balaban J connectivity index is 1.26. The summed E-state index contributed by atoms with van der Waals surface area (Å²) < 4.78 is 5.77. The average molecular weight is 543 g/mol. The summed E-state index contributed by atoms with van der Waals surface area (Å²) in [6, 6.07) is 13.8. The Labute approximate surface area is 228 Å². The van der Waals surface area contributed by atoms with Crippen molar-refractivity contribution in [1.82, 2.24) is 20.2 Å². The zero-order valence-corrected chi connectivity index (χ0v) is 22.0. The van der Waals surface area contributed by atoms with Gasteiger partial charge in [0.25, 0.3) is 5.91 Å². The van der Waals surface area contributed by atoms with E-state index in [4.69, 9.17) is 4.74 Å². The van der Waals surface area contributed by atoms with Crippen LogP contribution < -0.4 is 20.3 Å². The van der Waals surface area contributed by atoms with E-state index in [1.54, 1.807) is 58.6 Å². The molecule has 0 aliphatic carbocycles. The van der Waals surface area contributed by atoms with Gasteiger partial charge < -0.3 is 20.3 Å². The van der Waals surface area contributed by atoms with E-state index in [0.29, 0.717) is 63.3 Å². The summed E-state index contributed by atoms with van der Waals surface area (Å²) in [5, 5.41) is 6.71. The van der Waals surface area contributed by atoms with Crippen molar-refractivity contribution in [3.05, 3.63) is 65.8 Å². The Bertz CT molecular complexity index is 1560. The molecular formula is C28H26N6O4S. The number of carbonyl (C=O) groups is 3. The maximum absolute atomic E-state index is 13.4. The molecule has 6 rings (SSSR count). The van der Waals surface area contributed by atoms with Crippen LogP contribution >= 0.6 is 11.3 Å². The van der Waals surface area contributed by atoms with Crippen LogP contribution in [0.2, 0.25) is 0 Å². The number of benzene rings is 1. The fourth-order valence-corrected chi connectivity index (χ4v) is 6.01. The van der Waals surface area contributed by atoms with Crippen LogP contribution in [0.5, 0.6) is 11.6 Å². The smallest absolute Gasteiger partial charge is 0.331 e. The highest BCUT2D eigenvalue weighted by Gasteiger charge is 2.33. The van der Waals surface area contributed by atoms with Crippen LogP contribution in [0.4, 0.5) is 21.9 Å². The molecule has 1 unspecified atom stereocenters. The number of rotatable bonds is 6. The van der Waals surface area contributed by atoms with Crippen molar-refractivity contribution in [2.24, 2.45) is 0 Å². The third-order valence-corrected chi connectivity index (χ3v) is 7.92. The molecule has 4 amide bonds. The van der Waals surface area contributed by atoms with Gasteiger partial charge in [-0.1, -0.05) is 13.0 Å². The van der Waals surface area contributed by atoms with Crippen molar-refractivity contribution in [2.45, 2.75) is 32.2 Å². The Morgan fingerprint density at radius 2 is 1.97 bits per heavy atom. The highest BCUT2D eigenvalue weighted by molar-refractivity contribution is 7.21. The van der Waals surface area contributed by atoms with Gasteiger partial charge in [-0.15, -0.1) is 11.3 Å². The molecule has 1 saturated heterocycles. The molecule has 1 atom stereocenters. The van der Waals surface area contributed by atoms with Gasteiger partial charge in [0, 0.05) is 44.0 Å². The monoisotopic (exact) mass is 542 g/mol. The topological polar surface area (TPSA) is 117 Å². The molecule has 10 nitrogen and oxygen atoms in total. The van der Waals surface area contributed by atoms with E-state index >= 15 is 0 Å². The number of anilines is 3. The molecule has 198 valence electrons. The third-order valence-electron chi connectivity index (χ3n) is 6.82. The molecule has 2 aliphatic heterocycles. The van der Waals surface area contributed by atoms with Gasteiger partial charge in [0.2, 0.25) is 11.8 Å². The van der Waals surface area contributed by atoms with Crippen LogP contribution in [-0.4, -0.2) is 51.8 Å². The van der Waals surface area contributed by atoms with Gasteiger partial charge in [-0.25, -0.2) is 14.8 Å². The third kappa shape index (κ3) is 4.76. The number of thiophene rings is 1. The Hall–Kier alpha value is -4.51. The van der Waals surface area contributed by atoms with Gasteiger partial charge >= 0.3 is 6.03 Å². The number of piperidine rings is 1. The minimum absolute atomic E-state index is 0.0865. The Kier molecular flexibility index (Phi) is 6.57. The van der Waals surface area contributed by atoms with E-state index < -0.39 is 0 Å². The van der Waals surface area contributed by atoms with Crippen LogP contribution in [0.15, 0.2) is 60.9 Å². The van der Waals surface area contributed by atoms with Gasteiger partial charge in [0.05, 0.1) is 22.4 Å². The number of hydrogen-bond donors (Lipinski definition) is 2. The second-order valence-electron chi connectivity index (χ2n) is 9.35. The average Bonchev–Trinajstić information content (AvgIpc) is 3.33. The Morgan fingerprint density at radius 3 is 2.74 bits per heavy atom. The number of ether oxygens (including phenoxy) is 1. The van der Waals surface area contributed by atoms with Crippen LogP contribution in [0, 0.1) is 0 Å². The van der Waals surface area contributed by atoms with E-state index in [2.05, 4.69) is 20.6 Å². The molecule has 0 bridgehead atoms. The predicted molar refractivity (Wildman–Crippen MR) is 149 cm³/mol. The summed E-state index contributed by atoms with van der Waals surface area (Å²) in [6.45, 7) is 3.04. The minimum Gasteiger partial charge on any atom is -0.439 e. The maximum Gasteiger partial charge on any atom is 0.331 e. The predicted octanol–water partition coefficient (Wildman–Crippen LogP) is 5.30. The zero-order chi connectivity index (χ0) is 26.9. The summed E-state index contributed by atoms with van der Waals surface area (Å²) in [6.07, 6.45) is 5.36. The van der Waals surface area contributed by atoms with Crippen molar-refractivity contribution >= 4 is 56.5 Å². The normalized spacial score (nSPS) is 16.6. The first-order valence-electron chi connectivity index (χ1n) is 12.8. The van der Waals surface area contributed by atoms with Crippen molar-refractivity contribution in [3.8, 4) is 11.6 Å². The Morgan fingerprint density at radius 1 is 1.13 bits per heavy atom. The van der Waals surface area contributed by atoms with Crippen molar-refractivity contribution in [3.63, 3.8) is 0 Å². The molecule has 1 aromatic carbocycles. The number of hydrogen-bond acceptors (Lipinski definition) is 7. The van der Waals surface area contributed by atoms with E-state index in [9.17, 15) is 14.4 Å². The molecule has 0 spiro atoms. The van der Waals surface area contributed by atoms with Crippen LogP contribution in [-0.2, 0) is 4.79 Å². The first kappa shape index (κ1) is 24.8. The second kappa shape index (κ2) is 10.3. The van der Waals surface area contributed by atoms with Gasteiger partial charge in [0.15, 0.2) is 0 Å². The maximum atomic E-state index is 13.4. The minimum atomic E-state index is -0.377. The first-order valence-corrected chi connectivity index (χ1v) is 13.6. The quantitative estimate of drug-likeness (QED) is 0.342. The lowest BCUT2D eigenvalue weighted by Gasteiger charge is -2.33. The SMILES string of the molecule is CCC(=O)N1CCCC(NC(=O)c2sc3nccc4c3c2NC(=O)N4c2ccc(Oc3ccccn3)cc2)C1. The lowest BCUT2D eigenvalue weighted by atomic mass is 10.0. The van der Waals surface area contributed by atoms with Crippen LogP contribution in [0.3, 0.4) is 0 Å². The van der Waals surface area contributed by atoms with Gasteiger partial charge in [0.1, 0.15) is 15.5 Å². The molecule has 4 aromatic rings. The number of urea groups is 1. The molecular weight excluding hydrogens is 516 g/mol. The molecule has 1 fully saturated rings. The highest BCUT2D eigenvalue weighted by atomic mass is 32.1. The molecule has 0 radical (unpaired) electrons. The first-order chi connectivity index (χ1) is 19.0. The number of nitrogens with one attached hydrogen (secondary N) is 2. The molecule has 5 heterocycles. The van der Waals surface area contributed by atoms with Crippen LogP contribution in [0.25, 0.3) is 10.2 Å². The molecule has 2 aliphatic rings. The molecule has 2 N–H and O–H groups in total. The van der Waals surface area contributed by atoms with E-state index in [0.717, 1.165) is 12.8 Å². The standard InChI is InChI=1S/C28H26N6O4S/c1-2-22(35)33-15-5-6-17(16-33)31-26(36)25-24-23-20(12-14-30-27(23)39-25)34(28(37)32-24)18-8-10-19(11-9-18)38-21-7-3-4-13-29-21/h3-4,7-14,17H,2,5-6,15-16H2,1H3,(H,31,36)(H,32,37).